The zero-order valence-electron chi connectivity index (χ0n) is 9.95. The van der Waals surface area contributed by atoms with Crippen LogP contribution in [0.4, 0.5) is 0 Å². The summed E-state index contributed by atoms with van der Waals surface area (Å²) in [5.74, 6) is -0.155. The van der Waals surface area contributed by atoms with Crippen molar-refractivity contribution in [3.8, 4) is 0 Å². The van der Waals surface area contributed by atoms with Crippen LogP contribution in [0.15, 0.2) is 0 Å². The minimum absolute atomic E-state index is 0.268. The Balaban J connectivity index is 2.58. The number of carboxylic acid groups (broad SMARTS) is 1. The molecule has 1 aliphatic rings. The first-order valence-corrected chi connectivity index (χ1v) is 5.73. The number of hydrogen-bond donors (Lipinski definition) is 1. The van der Waals surface area contributed by atoms with Crippen molar-refractivity contribution in [3.63, 3.8) is 0 Å². The molecule has 1 aliphatic carbocycles. The van der Waals surface area contributed by atoms with Crippen LogP contribution in [-0.4, -0.2) is 24.3 Å². The summed E-state index contributed by atoms with van der Waals surface area (Å²) in [7, 11) is 1.48. The van der Waals surface area contributed by atoms with Gasteiger partial charge in [-0.15, -0.1) is 0 Å². The Labute approximate surface area is 91.8 Å². The lowest BCUT2D eigenvalue weighted by Gasteiger charge is -2.32. The molecule has 0 radical (unpaired) electrons. The molecule has 1 saturated carbocycles. The molecular formula is C12H22O3. The van der Waals surface area contributed by atoms with Crippen molar-refractivity contribution in [2.75, 3.05) is 7.11 Å². The van der Waals surface area contributed by atoms with Gasteiger partial charge in [0.15, 0.2) is 6.10 Å². The van der Waals surface area contributed by atoms with Crippen LogP contribution in [0.3, 0.4) is 0 Å². The van der Waals surface area contributed by atoms with E-state index in [1.54, 1.807) is 0 Å². The fraction of sp³-hybridized carbons (Fsp3) is 0.917. The predicted octanol–water partition coefficient (Wildman–Crippen LogP) is 2.69. The maximum atomic E-state index is 11.0. The molecule has 3 nitrogen and oxygen atoms in total. The van der Waals surface area contributed by atoms with Crippen LogP contribution in [0.2, 0.25) is 0 Å². The van der Waals surface area contributed by atoms with Gasteiger partial charge in [-0.05, 0) is 12.3 Å². The van der Waals surface area contributed by atoms with Crippen molar-refractivity contribution in [1.29, 1.82) is 0 Å². The molecule has 3 heteroatoms. The van der Waals surface area contributed by atoms with E-state index in [2.05, 4.69) is 0 Å². The molecule has 1 unspecified atom stereocenters. The summed E-state index contributed by atoms with van der Waals surface area (Å²) in [6, 6.07) is 0. The highest BCUT2D eigenvalue weighted by molar-refractivity contribution is 5.73. The summed E-state index contributed by atoms with van der Waals surface area (Å²) >= 11 is 0. The molecule has 1 N–H and O–H groups in total. The van der Waals surface area contributed by atoms with Crippen molar-refractivity contribution in [1.82, 2.24) is 0 Å². The number of methoxy groups -OCH3 is 1. The summed E-state index contributed by atoms with van der Waals surface area (Å²) in [4.78, 5) is 11.0. The van der Waals surface area contributed by atoms with E-state index in [1.807, 2.05) is 13.8 Å². The Morgan fingerprint density at radius 3 is 2.40 bits per heavy atom. The van der Waals surface area contributed by atoms with Gasteiger partial charge in [0.05, 0.1) is 0 Å². The lowest BCUT2D eigenvalue weighted by atomic mass is 9.77. The zero-order chi connectivity index (χ0) is 11.5. The Morgan fingerprint density at radius 1 is 1.47 bits per heavy atom. The van der Waals surface area contributed by atoms with Gasteiger partial charge in [-0.25, -0.2) is 4.79 Å². The van der Waals surface area contributed by atoms with Crippen molar-refractivity contribution < 1.29 is 14.6 Å². The summed E-state index contributed by atoms with van der Waals surface area (Å²) in [5.41, 5.74) is -0.268. The second-order valence-corrected chi connectivity index (χ2v) is 5.30. The van der Waals surface area contributed by atoms with E-state index >= 15 is 0 Å². The molecule has 0 bridgehead atoms. The monoisotopic (exact) mass is 214 g/mol. The van der Waals surface area contributed by atoms with Crippen molar-refractivity contribution in [3.05, 3.63) is 0 Å². The summed E-state index contributed by atoms with van der Waals surface area (Å²) in [5, 5.41) is 9.06. The van der Waals surface area contributed by atoms with E-state index in [1.165, 1.54) is 32.8 Å². The summed E-state index contributed by atoms with van der Waals surface area (Å²) in [6.45, 7) is 3.99. The highest BCUT2D eigenvalue weighted by Crippen LogP contribution is 2.38. The molecule has 1 atom stereocenters. The number of aliphatic carboxylic acids is 1. The van der Waals surface area contributed by atoms with Crippen LogP contribution in [0.25, 0.3) is 0 Å². The van der Waals surface area contributed by atoms with Crippen molar-refractivity contribution >= 4 is 5.97 Å². The lowest BCUT2D eigenvalue weighted by molar-refractivity contribution is -0.156. The van der Waals surface area contributed by atoms with Gasteiger partial charge >= 0.3 is 5.97 Å². The third-order valence-electron chi connectivity index (χ3n) is 3.46. The Hall–Kier alpha value is -0.570. The van der Waals surface area contributed by atoms with Gasteiger partial charge in [-0.1, -0.05) is 39.5 Å². The molecule has 0 aromatic rings. The maximum Gasteiger partial charge on any atom is 0.333 e. The molecule has 0 aliphatic heterocycles. The maximum absolute atomic E-state index is 11.0. The first kappa shape index (κ1) is 12.5. The molecule has 88 valence electrons. The van der Waals surface area contributed by atoms with Crippen LogP contribution in [-0.2, 0) is 9.53 Å². The van der Waals surface area contributed by atoms with E-state index in [0.29, 0.717) is 5.92 Å². The molecular weight excluding hydrogens is 192 g/mol. The minimum atomic E-state index is -0.847. The Bertz CT molecular complexity index is 217. The van der Waals surface area contributed by atoms with Crippen LogP contribution in [0.5, 0.6) is 0 Å². The molecule has 0 saturated heterocycles. The highest BCUT2D eigenvalue weighted by Gasteiger charge is 2.37. The first-order valence-electron chi connectivity index (χ1n) is 5.73. The Morgan fingerprint density at radius 2 is 2.00 bits per heavy atom. The van der Waals surface area contributed by atoms with Gasteiger partial charge in [-0.3, -0.25) is 0 Å². The quantitative estimate of drug-likeness (QED) is 0.765. The second kappa shape index (κ2) is 4.97. The topological polar surface area (TPSA) is 46.5 Å². The minimum Gasteiger partial charge on any atom is -0.479 e. The van der Waals surface area contributed by atoms with Crippen LogP contribution < -0.4 is 0 Å². The molecule has 0 amide bonds. The summed E-state index contributed by atoms with van der Waals surface area (Å²) in [6.07, 6.45) is 5.37. The van der Waals surface area contributed by atoms with Gasteiger partial charge < -0.3 is 9.84 Å². The standard InChI is InChI=1S/C12H22O3/c1-12(2,10(15-3)11(13)14)8-9-6-4-5-7-9/h9-10H,4-8H2,1-3H3,(H,13,14). The third kappa shape index (κ3) is 3.20. The summed E-state index contributed by atoms with van der Waals surface area (Å²) < 4.78 is 5.09. The average Bonchev–Trinajstić information content (AvgIpc) is 2.55. The number of carbonyl (C=O) groups is 1. The molecule has 0 aromatic carbocycles. The molecule has 0 spiro atoms. The molecule has 15 heavy (non-hydrogen) atoms. The van der Waals surface area contributed by atoms with Gasteiger partial charge in [0.25, 0.3) is 0 Å². The number of hydrogen-bond acceptors (Lipinski definition) is 2. The molecule has 1 rings (SSSR count). The number of carboxylic acids is 1. The Kier molecular flexibility index (Phi) is 4.14. The van der Waals surface area contributed by atoms with Crippen LogP contribution in [0.1, 0.15) is 46.0 Å². The van der Waals surface area contributed by atoms with Crippen LogP contribution in [0, 0.1) is 11.3 Å². The average molecular weight is 214 g/mol. The smallest absolute Gasteiger partial charge is 0.333 e. The van der Waals surface area contributed by atoms with E-state index in [9.17, 15) is 4.79 Å². The predicted molar refractivity (Wildman–Crippen MR) is 58.8 cm³/mol. The largest absolute Gasteiger partial charge is 0.479 e. The van der Waals surface area contributed by atoms with Gasteiger partial charge in [0, 0.05) is 12.5 Å². The fourth-order valence-corrected chi connectivity index (χ4v) is 2.82. The SMILES string of the molecule is COC(C(=O)O)C(C)(C)CC1CCCC1. The van der Waals surface area contributed by atoms with E-state index in [4.69, 9.17) is 9.84 Å². The van der Waals surface area contributed by atoms with Gasteiger partial charge in [0.1, 0.15) is 0 Å². The molecule has 0 heterocycles. The van der Waals surface area contributed by atoms with E-state index in [-0.39, 0.29) is 5.41 Å². The van der Waals surface area contributed by atoms with Gasteiger partial charge in [0.2, 0.25) is 0 Å². The lowest BCUT2D eigenvalue weighted by Crippen LogP contribution is -2.39. The van der Waals surface area contributed by atoms with E-state index < -0.39 is 12.1 Å². The molecule has 0 aromatic heterocycles. The normalized spacial score (nSPS) is 20.5. The highest BCUT2D eigenvalue weighted by atomic mass is 16.5. The van der Waals surface area contributed by atoms with Crippen molar-refractivity contribution in [2.24, 2.45) is 11.3 Å². The fourth-order valence-electron chi connectivity index (χ4n) is 2.82. The second-order valence-electron chi connectivity index (χ2n) is 5.30. The zero-order valence-corrected chi connectivity index (χ0v) is 9.95. The first-order chi connectivity index (χ1) is 6.97. The van der Waals surface area contributed by atoms with Crippen LogP contribution >= 0.6 is 0 Å². The third-order valence-corrected chi connectivity index (χ3v) is 3.46. The number of ether oxygens (including phenoxy) is 1. The van der Waals surface area contributed by atoms with E-state index in [0.717, 1.165) is 6.42 Å². The van der Waals surface area contributed by atoms with Gasteiger partial charge in [-0.2, -0.15) is 0 Å². The number of rotatable bonds is 5. The van der Waals surface area contributed by atoms with Crippen molar-refractivity contribution in [2.45, 2.75) is 52.1 Å². The molecule has 1 fully saturated rings.